The summed E-state index contributed by atoms with van der Waals surface area (Å²) in [6.45, 7) is 1.60. The minimum Gasteiger partial charge on any atom is -0.481 e. The number of hydrogen-bond donors (Lipinski definition) is 2. The zero-order valence-corrected chi connectivity index (χ0v) is 10.6. The highest BCUT2D eigenvalue weighted by atomic mass is 19.4. The number of aromatic nitrogens is 1. The molecule has 8 heteroatoms. The maximum Gasteiger partial charge on any atom is 0.417 e. The summed E-state index contributed by atoms with van der Waals surface area (Å²) in [4.78, 5) is 25.5. The molecule has 0 fully saturated rings. The van der Waals surface area contributed by atoms with Crippen LogP contribution in [-0.4, -0.2) is 28.0 Å². The van der Waals surface area contributed by atoms with E-state index >= 15 is 0 Å². The number of pyridine rings is 1. The third-order valence-corrected chi connectivity index (χ3v) is 2.49. The molecule has 0 aliphatic heterocycles. The normalized spacial score (nSPS) is 12.8. The van der Waals surface area contributed by atoms with Crippen LogP contribution in [0.15, 0.2) is 18.3 Å². The van der Waals surface area contributed by atoms with Crippen LogP contribution >= 0.6 is 0 Å². The molecule has 0 saturated carbocycles. The van der Waals surface area contributed by atoms with Gasteiger partial charge in [-0.1, -0.05) is 0 Å². The molecule has 0 spiro atoms. The highest BCUT2D eigenvalue weighted by Gasteiger charge is 2.30. The van der Waals surface area contributed by atoms with Gasteiger partial charge in [0.25, 0.3) is 5.91 Å². The van der Waals surface area contributed by atoms with Crippen molar-refractivity contribution in [1.29, 1.82) is 0 Å². The number of nitrogens with zero attached hydrogens (tertiary/aromatic N) is 1. The second-order valence-electron chi connectivity index (χ2n) is 4.24. The molecule has 1 unspecified atom stereocenters. The summed E-state index contributed by atoms with van der Waals surface area (Å²) in [6, 6.07) is 1.33. The van der Waals surface area contributed by atoms with E-state index in [0.717, 1.165) is 12.1 Å². The van der Waals surface area contributed by atoms with Crippen LogP contribution in [0.5, 0.6) is 0 Å². The predicted octanol–water partition coefficient (Wildman–Crippen LogP) is 2.08. The highest BCUT2D eigenvalue weighted by molar-refractivity contribution is 5.92. The summed E-state index contributed by atoms with van der Waals surface area (Å²) >= 11 is 0. The molecule has 0 aliphatic rings. The number of aliphatic carboxylic acids is 1. The van der Waals surface area contributed by atoms with Crippen LogP contribution in [0.3, 0.4) is 0 Å². The van der Waals surface area contributed by atoms with Crippen molar-refractivity contribution in [3.8, 4) is 0 Å². The van der Waals surface area contributed by atoms with Crippen molar-refractivity contribution in [2.24, 2.45) is 0 Å². The average Bonchev–Trinajstić information content (AvgIpc) is 2.35. The first-order valence-electron chi connectivity index (χ1n) is 5.76. The van der Waals surface area contributed by atoms with Gasteiger partial charge in [0.05, 0.1) is 5.56 Å². The number of carboxylic acids is 1. The van der Waals surface area contributed by atoms with E-state index in [0.29, 0.717) is 6.20 Å². The van der Waals surface area contributed by atoms with Crippen molar-refractivity contribution in [1.82, 2.24) is 10.3 Å². The molecule has 1 atom stereocenters. The van der Waals surface area contributed by atoms with Gasteiger partial charge < -0.3 is 10.4 Å². The second kappa shape index (κ2) is 6.36. The minimum absolute atomic E-state index is 0.109. The van der Waals surface area contributed by atoms with E-state index in [1.54, 1.807) is 6.92 Å². The summed E-state index contributed by atoms with van der Waals surface area (Å²) < 4.78 is 36.9. The van der Waals surface area contributed by atoms with Crippen molar-refractivity contribution < 1.29 is 27.9 Å². The molecular formula is C12H13F3N2O3. The van der Waals surface area contributed by atoms with Gasteiger partial charge in [-0.15, -0.1) is 0 Å². The zero-order valence-electron chi connectivity index (χ0n) is 10.6. The third-order valence-electron chi connectivity index (χ3n) is 2.49. The summed E-state index contributed by atoms with van der Waals surface area (Å²) in [5.74, 6) is -1.63. The van der Waals surface area contributed by atoms with Gasteiger partial charge in [0.2, 0.25) is 0 Å². The van der Waals surface area contributed by atoms with Gasteiger partial charge in [0, 0.05) is 18.7 Å². The van der Waals surface area contributed by atoms with E-state index in [-0.39, 0.29) is 18.5 Å². The zero-order chi connectivity index (χ0) is 15.3. The van der Waals surface area contributed by atoms with Gasteiger partial charge in [0.15, 0.2) is 0 Å². The lowest BCUT2D eigenvalue weighted by atomic mass is 10.1. The van der Waals surface area contributed by atoms with E-state index in [1.165, 1.54) is 0 Å². The SMILES string of the molecule is CC(CCC(=O)O)NC(=O)c1ccc(C(F)(F)F)cn1. The van der Waals surface area contributed by atoms with Crippen LogP contribution in [0.25, 0.3) is 0 Å². The summed E-state index contributed by atoms with van der Waals surface area (Å²) in [5, 5.41) is 11.0. The van der Waals surface area contributed by atoms with Crippen LogP contribution in [0.1, 0.15) is 35.8 Å². The van der Waals surface area contributed by atoms with Gasteiger partial charge in [-0.2, -0.15) is 13.2 Å². The molecule has 1 rings (SSSR count). The molecule has 2 N–H and O–H groups in total. The van der Waals surface area contributed by atoms with E-state index < -0.39 is 29.7 Å². The molecule has 1 amide bonds. The summed E-state index contributed by atoms with van der Waals surface area (Å²) in [7, 11) is 0. The number of carbonyl (C=O) groups is 2. The largest absolute Gasteiger partial charge is 0.481 e. The molecule has 0 radical (unpaired) electrons. The Morgan fingerprint density at radius 1 is 1.40 bits per heavy atom. The summed E-state index contributed by atoms with van der Waals surface area (Å²) in [5.41, 5.74) is -1.09. The monoisotopic (exact) mass is 290 g/mol. The van der Waals surface area contributed by atoms with Crippen molar-refractivity contribution >= 4 is 11.9 Å². The van der Waals surface area contributed by atoms with Crippen molar-refractivity contribution in [3.05, 3.63) is 29.6 Å². The lowest BCUT2D eigenvalue weighted by molar-refractivity contribution is -0.138. The first kappa shape index (κ1) is 15.9. The predicted molar refractivity (Wildman–Crippen MR) is 63.0 cm³/mol. The summed E-state index contributed by atoms with van der Waals surface area (Å²) in [6.07, 6.45) is -3.81. The van der Waals surface area contributed by atoms with Crippen molar-refractivity contribution in [3.63, 3.8) is 0 Å². The molecule has 1 aromatic rings. The third kappa shape index (κ3) is 4.87. The van der Waals surface area contributed by atoms with Crippen LogP contribution < -0.4 is 5.32 Å². The van der Waals surface area contributed by atoms with Gasteiger partial charge in [-0.3, -0.25) is 14.6 Å². The Labute approximate surface area is 112 Å². The molecule has 1 aromatic heterocycles. The van der Waals surface area contributed by atoms with E-state index in [1.807, 2.05) is 0 Å². The number of nitrogens with one attached hydrogen (secondary N) is 1. The van der Waals surface area contributed by atoms with Crippen LogP contribution in [0.2, 0.25) is 0 Å². The molecule has 0 aromatic carbocycles. The van der Waals surface area contributed by atoms with E-state index in [4.69, 9.17) is 5.11 Å². The Bertz CT molecular complexity index is 486. The molecule has 5 nitrogen and oxygen atoms in total. The van der Waals surface area contributed by atoms with E-state index in [9.17, 15) is 22.8 Å². The molecule has 0 aliphatic carbocycles. The Hall–Kier alpha value is -2.12. The van der Waals surface area contributed by atoms with Crippen molar-refractivity contribution in [2.45, 2.75) is 32.0 Å². The standard InChI is InChI=1S/C12H13F3N2O3/c1-7(2-5-10(18)19)17-11(20)9-4-3-8(6-16-9)12(13,14)15/h3-4,6-7H,2,5H2,1H3,(H,17,20)(H,18,19). The molecule has 1 heterocycles. The first-order valence-corrected chi connectivity index (χ1v) is 5.76. The lowest BCUT2D eigenvalue weighted by Crippen LogP contribution is -2.33. The highest BCUT2D eigenvalue weighted by Crippen LogP contribution is 2.28. The number of hydrogen-bond acceptors (Lipinski definition) is 3. The Balaban J connectivity index is 2.62. The number of carboxylic acid groups (broad SMARTS) is 1. The maximum atomic E-state index is 12.3. The Morgan fingerprint density at radius 3 is 2.50 bits per heavy atom. The first-order chi connectivity index (χ1) is 9.20. The molecule has 110 valence electrons. The fourth-order valence-electron chi connectivity index (χ4n) is 1.41. The molecule has 0 saturated heterocycles. The van der Waals surface area contributed by atoms with Crippen LogP contribution in [-0.2, 0) is 11.0 Å². The quantitative estimate of drug-likeness (QED) is 0.870. The van der Waals surface area contributed by atoms with Crippen molar-refractivity contribution in [2.75, 3.05) is 0 Å². The fraction of sp³-hybridized carbons (Fsp3) is 0.417. The Morgan fingerprint density at radius 2 is 2.05 bits per heavy atom. The van der Waals surface area contributed by atoms with Gasteiger partial charge in [0.1, 0.15) is 5.69 Å². The van der Waals surface area contributed by atoms with Gasteiger partial charge >= 0.3 is 12.1 Å². The second-order valence-corrected chi connectivity index (χ2v) is 4.24. The smallest absolute Gasteiger partial charge is 0.417 e. The topological polar surface area (TPSA) is 79.3 Å². The molecular weight excluding hydrogens is 277 g/mol. The number of amides is 1. The average molecular weight is 290 g/mol. The van der Waals surface area contributed by atoms with Crippen LogP contribution in [0, 0.1) is 0 Å². The number of halogens is 3. The fourth-order valence-corrected chi connectivity index (χ4v) is 1.41. The minimum atomic E-state index is -4.50. The Kier molecular flexibility index (Phi) is 5.06. The number of rotatable bonds is 5. The molecule has 20 heavy (non-hydrogen) atoms. The number of alkyl halides is 3. The van der Waals surface area contributed by atoms with Gasteiger partial charge in [-0.05, 0) is 25.5 Å². The van der Waals surface area contributed by atoms with E-state index in [2.05, 4.69) is 10.3 Å². The van der Waals surface area contributed by atoms with Gasteiger partial charge in [-0.25, -0.2) is 0 Å². The molecule has 0 bridgehead atoms. The van der Waals surface area contributed by atoms with Crippen LogP contribution in [0.4, 0.5) is 13.2 Å². The number of carbonyl (C=O) groups excluding carboxylic acids is 1. The maximum absolute atomic E-state index is 12.3. The lowest BCUT2D eigenvalue weighted by Gasteiger charge is -2.12.